The number of quaternary nitrogens is 1. The van der Waals surface area contributed by atoms with Gasteiger partial charge in [0.1, 0.15) is 12.0 Å². The van der Waals surface area contributed by atoms with Crippen LogP contribution in [0.4, 0.5) is 0 Å². The number of hydrogen-bond donors (Lipinski definition) is 2. The number of carbonyl (C=O) groups is 1. The van der Waals surface area contributed by atoms with Gasteiger partial charge >= 0.3 is 5.97 Å². The SMILES string of the molecule is CCCCCC[NH2+]C[C@@H]1C(=O)O[C@H]2CC3=CCC[C@H](C)[C@]3(C)[C@@H](O)[C@@H]21. The van der Waals surface area contributed by atoms with Crippen LogP contribution in [0.5, 0.6) is 0 Å². The lowest BCUT2D eigenvalue weighted by atomic mass is 9.55. The molecule has 0 radical (unpaired) electrons. The molecule has 0 unspecified atom stereocenters. The highest BCUT2D eigenvalue weighted by atomic mass is 16.6. The highest BCUT2D eigenvalue weighted by Crippen LogP contribution is 2.55. The number of aliphatic hydroxyl groups is 1. The molecule has 2 fully saturated rings. The summed E-state index contributed by atoms with van der Waals surface area (Å²) in [5.74, 6) is 0.174. The molecule has 4 heteroatoms. The van der Waals surface area contributed by atoms with E-state index in [1.165, 1.54) is 31.3 Å². The number of esters is 1. The van der Waals surface area contributed by atoms with Crippen molar-refractivity contribution < 1.29 is 20.0 Å². The van der Waals surface area contributed by atoms with Gasteiger partial charge in [0.25, 0.3) is 0 Å². The molecule has 142 valence electrons. The molecule has 0 aromatic rings. The van der Waals surface area contributed by atoms with E-state index in [1.807, 2.05) is 0 Å². The summed E-state index contributed by atoms with van der Waals surface area (Å²) in [6.45, 7) is 8.50. The van der Waals surface area contributed by atoms with Crippen molar-refractivity contribution in [2.24, 2.45) is 23.2 Å². The highest BCUT2D eigenvalue weighted by molar-refractivity contribution is 5.76. The second kappa shape index (κ2) is 7.79. The molecule has 25 heavy (non-hydrogen) atoms. The average Bonchev–Trinajstić information content (AvgIpc) is 2.89. The predicted molar refractivity (Wildman–Crippen MR) is 97.9 cm³/mol. The molecule has 0 aromatic heterocycles. The van der Waals surface area contributed by atoms with Crippen molar-refractivity contribution in [3.63, 3.8) is 0 Å². The Morgan fingerprint density at radius 3 is 2.92 bits per heavy atom. The first-order valence-corrected chi connectivity index (χ1v) is 10.4. The molecule has 1 aliphatic heterocycles. The van der Waals surface area contributed by atoms with Crippen LogP contribution in [0.25, 0.3) is 0 Å². The van der Waals surface area contributed by atoms with E-state index in [2.05, 4.69) is 32.2 Å². The van der Waals surface area contributed by atoms with Crippen LogP contribution in [0.15, 0.2) is 11.6 Å². The standard InChI is InChI=1S/C21H35NO3/c1-4-5-6-7-11-22-13-16-18-17(25-20(16)24)12-15-10-8-9-14(2)21(15,3)19(18)23/h10,14,16-19,22-23H,4-9,11-13H2,1-3H3/p+1/t14-,16-,17-,18+,19-,21-/m0/s1. The third-order valence-corrected chi connectivity index (χ3v) is 7.25. The zero-order valence-corrected chi connectivity index (χ0v) is 16.2. The minimum atomic E-state index is -0.474. The summed E-state index contributed by atoms with van der Waals surface area (Å²) >= 11 is 0. The molecule has 1 saturated carbocycles. The minimum Gasteiger partial charge on any atom is -0.461 e. The lowest BCUT2D eigenvalue weighted by molar-refractivity contribution is -0.659. The number of allylic oxidation sites excluding steroid dienone is 1. The normalized spacial score (nSPS) is 40.2. The van der Waals surface area contributed by atoms with E-state index in [4.69, 9.17) is 4.74 Å². The van der Waals surface area contributed by atoms with Crippen molar-refractivity contribution in [1.29, 1.82) is 0 Å². The fourth-order valence-corrected chi connectivity index (χ4v) is 5.34. The number of fused-ring (bicyclic) bond motifs is 2. The van der Waals surface area contributed by atoms with E-state index < -0.39 is 6.10 Å². The van der Waals surface area contributed by atoms with Crippen LogP contribution in [0.3, 0.4) is 0 Å². The number of nitrogens with two attached hydrogens (primary N) is 1. The van der Waals surface area contributed by atoms with E-state index in [1.54, 1.807) is 0 Å². The van der Waals surface area contributed by atoms with E-state index in [0.29, 0.717) is 5.92 Å². The van der Waals surface area contributed by atoms with Gasteiger partial charge in [-0.3, -0.25) is 4.79 Å². The van der Waals surface area contributed by atoms with Crippen LogP contribution in [-0.2, 0) is 9.53 Å². The zero-order valence-electron chi connectivity index (χ0n) is 16.2. The molecule has 0 spiro atoms. The summed E-state index contributed by atoms with van der Waals surface area (Å²) in [6.07, 6.45) is 9.72. The molecule has 3 rings (SSSR count). The smallest absolute Gasteiger partial charge is 0.315 e. The first-order valence-electron chi connectivity index (χ1n) is 10.4. The Hall–Kier alpha value is -0.870. The van der Waals surface area contributed by atoms with Crippen LogP contribution in [0, 0.1) is 23.2 Å². The van der Waals surface area contributed by atoms with Gasteiger partial charge in [0.15, 0.2) is 0 Å². The molecule has 3 aliphatic rings. The maximum Gasteiger partial charge on any atom is 0.315 e. The highest BCUT2D eigenvalue weighted by Gasteiger charge is 2.60. The van der Waals surface area contributed by atoms with Gasteiger partial charge < -0.3 is 15.2 Å². The zero-order chi connectivity index (χ0) is 18.0. The summed E-state index contributed by atoms with van der Waals surface area (Å²) in [5.41, 5.74) is 1.13. The van der Waals surface area contributed by atoms with Gasteiger partial charge in [0.05, 0.1) is 19.2 Å². The summed E-state index contributed by atoms with van der Waals surface area (Å²) in [5, 5.41) is 13.5. The molecular weight excluding hydrogens is 314 g/mol. The summed E-state index contributed by atoms with van der Waals surface area (Å²) in [4.78, 5) is 12.5. The van der Waals surface area contributed by atoms with Gasteiger partial charge in [-0.1, -0.05) is 45.3 Å². The van der Waals surface area contributed by atoms with Gasteiger partial charge in [0, 0.05) is 17.8 Å². The number of rotatable bonds is 7. The fourth-order valence-electron chi connectivity index (χ4n) is 5.34. The molecular formula is C21H36NO3+. The van der Waals surface area contributed by atoms with Gasteiger partial charge in [-0.2, -0.15) is 0 Å². The maximum atomic E-state index is 12.5. The Labute approximate surface area is 152 Å². The first kappa shape index (κ1) is 18.9. The van der Waals surface area contributed by atoms with Crippen LogP contribution < -0.4 is 5.32 Å². The van der Waals surface area contributed by atoms with Gasteiger partial charge in [0.2, 0.25) is 0 Å². The first-order chi connectivity index (χ1) is 12.0. The Morgan fingerprint density at radius 2 is 2.16 bits per heavy atom. The van der Waals surface area contributed by atoms with Crippen LogP contribution >= 0.6 is 0 Å². The Morgan fingerprint density at radius 1 is 1.36 bits per heavy atom. The van der Waals surface area contributed by atoms with Crippen molar-refractivity contribution in [3.8, 4) is 0 Å². The van der Waals surface area contributed by atoms with Crippen molar-refractivity contribution in [1.82, 2.24) is 0 Å². The summed E-state index contributed by atoms with van der Waals surface area (Å²) < 4.78 is 5.71. The molecule has 1 heterocycles. The molecule has 4 nitrogen and oxygen atoms in total. The minimum absolute atomic E-state index is 0.0397. The van der Waals surface area contributed by atoms with Crippen LogP contribution in [0.1, 0.15) is 65.7 Å². The lowest BCUT2D eigenvalue weighted by Crippen LogP contribution is -2.86. The summed E-state index contributed by atoms with van der Waals surface area (Å²) in [6, 6.07) is 0. The van der Waals surface area contributed by atoms with Crippen molar-refractivity contribution in [2.45, 2.75) is 77.9 Å². The molecule has 0 amide bonds. The summed E-state index contributed by atoms with van der Waals surface area (Å²) in [7, 11) is 0. The van der Waals surface area contributed by atoms with Crippen LogP contribution in [0.2, 0.25) is 0 Å². The van der Waals surface area contributed by atoms with Gasteiger partial charge in [-0.25, -0.2) is 0 Å². The Bertz CT molecular complexity index is 517. The van der Waals surface area contributed by atoms with Crippen molar-refractivity contribution >= 4 is 5.97 Å². The predicted octanol–water partition coefficient (Wildman–Crippen LogP) is 2.42. The molecule has 1 saturated heterocycles. The third-order valence-electron chi connectivity index (χ3n) is 7.25. The number of carbonyl (C=O) groups excluding carboxylic acids is 1. The number of hydrogen-bond acceptors (Lipinski definition) is 3. The third kappa shape index (κ3) is 3.40. The second-order valence-electron chi connectivity index (χ2n) is 8.67. The molecule has 2 aliphatic carbocycles. The van der Waals surface area contributed by atoms with Crippen LogP contribution in [-0.4, -0.2) is 36.4 Å². The number of aliphatic hydroxyl groups excluding tert-OH is 1. The molecule has 0 bridgehead atoms. The largest absolute Gasteiger partial charge is 0.461 e. The number of ether oxygens (including phenoxy) is 1. The maximum absolute atomic E-state index is 12.5. The van der Waals surface area contributed by atoms with Gasteiger partial charge in [-0.05, 0) is 31.6 Å². The van der Waals surface area contributed by atoms with Crippen molar-refractivity contribution in [3.05, 3.63) is 11.6 Å². The number of unbranched alkanes of at least 4 members (excludes halogenated alkanes) is 3. The quantitative estimate of drug-likeness (QED) is 0.421. The van der Waals surface area contributed by atoms with E-state index in [9.17, 15) is 9.90 Å². The second-order valence-corrected chi connectivity index (χ2v) is 8.67. The topological polar surface area (TPSA) is 63.1 Å². The monoisotopic (exact) mass is 350 g/mol. The van der Waals surface area contributed by atoms with Gasteiger partial charge in [-0.15, -0.1) is 0 Å². The lowest BCUT2D eigenvalue weighted by Gasteiger charge is -2.51. The Balaban J connectivity index is 1.66. The fraction of sp³-hybridized carbons (Fsp3) is 0.857. The van der Waals surface area contributed by atoms with Crippen molar-refractivity contribution in [2.75, 3.05) is 13.1 Å². The average molecular weight is 351 g/mol. The Kier molecular flexibility index (Phi) is 5.89. The molecule has 0 aromatic carbocycles. The van der Waals surface area contributed by atoms with E-state index in [0.717, 1.165) is 32.4 Å². The molecule has 3 N–H and O–H groups in total. The van der Waals surface area contributed by atoms with E-state index in [-0.39, 0.29) is 29.3 Å². The van der Waals surface area contributed by atoms with E-state index >= 15 is 0 Å². The molecule has 6 atom stereocenters.